The van der Waals surface area contributed by atoms with Gasteiger partial charge in [-0.3, -0.25) is 9.48 Å². The van der Waals surface area contributed by atoms with Crippen LogP contribution in [0.25, 0.3) is 11.3 Å². The molecule has 0 spiro atoms. The monoisotopic (exact) mass is 468 g/mol. The predicted octanol–water partition coefficient (Wildman–Crippen LogP) is 4.18. The van der Waals surface area contributed by atoms with E-state index < -0.39 is 5.91 Å². The molecule has 3 amide bonds. The van der Waals surface area contributed by atoms with Gasteiger partial charge in [0.1, 0.15) is 11.8 Å². The number of carbonyl (C=O) groups excluding carboxylic acids is 2. The fraction of sp³-hybridized carbons (Fsp3) is 0.182. The number of urea groups is 1. The second-order valence-electron chi connectivity index (χ2n) is 7.38. The minimum Gasteiger partial charge on any atom is -0.365 e. The number of halogens is 2. The minimum absolute atomic E-state index is 0.153. The van der Waals surface area contributed by atoms with Gasteiger partial charge < -0.3 is 16.0 Å². The van der Waals surface area contributed by atoms with Crippen molar-refractivity contribution in [2.45, 2.75) is 20.0 Å². The second kappa shape index (κ2) is 8.54. The zero-order chi connectivity index (χ0) is 23.0. The Hall–Kier alpha value is -3.54. The number of nitrogens with two attached hydrogens (primary N) is 1. The van der Waals surface area contributed by atoms with Crippen LogP contribution >= 0.6 is 23.2 Å². The summed E-state index contributed by atoms with van der Waals surface area (Å²) in [5.41, 5.74) is 9.33. The third-order valence-corrected chi connectivity index (χ3v) is 6.02. The Kier molecular flexibility index (Phi) is 5.78. The molecule has 3 aromatic rings. The maximum absolute atomic E-state index is 12.8. The Morgan fingerprint density at radius 1 is 1.16 bits per heavy atom. The van der Waals surface area contributed by atoms with Gasteiger partial charge in [0.05, 0.1) is 34.9 Å². The largest absolute Gasteiger partial charge is 0.365 e. The quantitative estimate of drug-likeness (QED) is 0.598. The third kappa shape index (κ3) is 4.00. The predicted molar refractivity (Wildman–Crippen MR) is 122 cm³/mol. The normalized spacial score (nSPS) is 12.8. The molecule has 1 aliphatic rings. The molecule has 0 saturated carbocycles. The number of carbonyl (C=O) groups is 2. The average molecular weight is 469 g/mol. The molecule has 0 saturated heterocycles. The summed E-state index contributed by atoms with van der Waals surface area (Å²) in [5.74, 6) is -0.626. The fourth-order valence-electron chi connectivity index (χ4n) is 3.58. The number of amides is 3. The van der Waals surface area contributed by atoms with Crippen LogP contribution in [0.2, 0.25) is 10.0 Å². The van der Waals surface area contributed by atoms with Gasteiger partial charge in [-0.2, -0.15) is 10.4 Å². The molecule has 0 unspecified atom stereocenters. The molecule has 8 nitrogen and oxygen atoms in total. The highest BCUT2D eigenvalue weighted by atomic mass is 35.5. The SMILES string of the molecule is Cc1ccc(-c2nn3c(c2C(N)=O)CN(C(=O)Nc2ccc(C#N)c(Cl)c2)CC3)cc1Cl. The third-order valence-electron chi connectivity index (χ3n) is 5.30. The van der Waals surface area contributed by atoms with E-state index in [-0.39, 0.29) is 23.2 Å². The molecule has 2 aromatic carbocycles. The van der Waals surface area contributed by atoms with Gasteiger partial charge in [-0.1, -0.05) is 35.3 Å². The molecular weight excluding hydrogens is 451 g/mol. The number of hydrogen-bond acceptors (Lipinski definition) is 4. The van der Waals surface area contributed by atoms with E-state index in [0.29, 0.717) is 46.3 Å². The number of hydrogen-bond donors (Lipinski definition) is 2. The number of aromatic nitrogens is 2. The average Bonchev–Trinajstić information content (AvgIpc) is 3.14. The van der Waals surface area contributed by atoms with Crippen molar-refractivity contribution in [1.82, 2.24) is 14.7 Å². The summed E-state index contributed by atoms with van der Waals surface area (Å²) in [4.78, 5) is 26.7. The van der Waals surface area contributed by atoms with E-state index >= 15 is 0 Å². The number of nitriles is 1. The first-order valence-corrected chi connectivity index (χ1v) is 10.5. The van der Waals surface area contributed by atoms with Crippen molar-refractivity contribution in [3.05, 3.63) is 68.8 Å². The minimum atomic E-state index is -0.626. The van der Waals surface area contributed by atoms with Gasteiger partial charge >= 0.3 is 6.03 Å². The van der Waals surface area contributed by atoms with E-state index in [9.17, 15) is 9.59 Å². The molecule has 0 atom stereocenters. The first-order chi connectivity index (χ1) is 15.3. The van der Waals surface area contributed by atoms with Crippen molar-refractivity contribution in [2.24, 2.45) is 5.73 Å². The summed E-state index contributed by atoms with van der Waals surface area (Å²) in [5, 5.41) is 17.1. The van der Waals surface area contributed by atoms with Crippen molar-refractivity contribution in [3.8, 4) is 17.3 Å². The Morgan fingerprint density at radius 3 is 2.59 bits per heavy atom. The number of benzene rings is 2. The van der Waals surface area contributed by atoms with E-state index in [2.05, 4.69) is 10.4 Å². The summed E-state index contributed by atoms with van der Waals surface area (Å²) in [7, 11) is 0. The molecule has 4 rings (SSSR count). The molecule has 0 fully saturated rings. The van der Waals surface area contributed by atoms with Gasteiger partial charge in [0.15, 0.2) is 0 Å². The smallest absolute Gasteiger partial charge is 0.322 e. The molecule has 0 radical (unpaired) electrons. The van der Waals surface area contributed by atoms with Crippen LogP contribution in [0.15, 0.2) is 36.4 Å². The number of anilines is 1. The molecule has 2 heterocycles. The number of rotatable bonds is 3. The van der Waals surface area contributed by atoms with E-state index in [1.54, 1.807) is 21.7 Å². The molecule has 0 bridgehead atoms. The van der Waals surface area contributed by atoms with Crippen LogP contribution < -0.4 is 11.1 Å². The van der Waals surface area contributed by atoms with Crippen LogP contribution in [-0.4, -0.2) is 33.2 Å². The Balaban J connectivity index is 1.61. The summed E-state index contributed by atoms with van der Waals surface area (Å²) < 4.78 is 1.70. The zero-order valence-corrected chi connectivity index (χ0v) is 18.5. The highest BCUT2D eigenvalue weighted by Gasteiger charge is 2.29. The van der Waals surface area contributed by atoms with Crippen LogP contribution in [0.3, 0.4) is 0 Å². The molecule has 3 N–H and O–H groups in total. The Bertz CT molecular complexity index is 1290. The molecule has 32 heavy (non-hydrogen) atoms. The lowest BCUT2D eigenvalue weighted by Crippen LogP contribution is -2.41. The standard InChI is InChI=1S/C22H18Cl2N6O2/c1-12-2-3-13(8-16(12)23)20-19(21(26)31)18-11-29(6-7-30(18)28-20)22(32)27-15-5-4-14(10-25)17(24)9-15/h2-5,8-9H,6-7,11H2,1H3,(H2,26,31)(H,27,32). The van der Waals surface area contributed by atoms with Crippen molar-refractivity contribution in [2.75, 3.05) is 11.9 Å². The highest BCUT2D eigenvalue weighted by Crippen LogP contribution is 2.31. The number of fused-ring (bicyclic) bond motifs is 1. The lowest BCUT2D eigenvalue weighted by atomic mass is 10.0. The van der Waals surface area contributed by atoms with Crippen molar-refractivity contribution in [1.29, 1.82) is 5.26 Å². The summed E-state index contributed by atoms with van der Waals surface area (Å²) >= 11 is 12.3. The Morgan fingerprint density at radius 2 is 1.94 bits per heavy atom. The van der Waals surface area contributed by atoms with E-state index in [1.165, 1.54) is 12.1 Å². The first-order valence-electron chi connectivity index (χ1n) is 9.70. The van der Waals surface area contributed by atoms with Gasteiger partial charge in [0.25, 0.3) is 5.91 Å². The summed E-state index contributed by atoms with van der Waals surface area (Å²) in [6.07, 6.45) is 0. The maximum Gasteiger partial charge on any atom is 0.322 e. The topological polar surface area (TPSA) is 117 Å². The van der Waals surface area contributed by atoms with Gasteiger partial charge in [0.2, 0.25) is 0 Å². The van der Waals surface area contributed by atoms with Crippen LogP contribution in [0.5, 0.6) is 0 Å². The first kappa shape index (κ1) is 21.7. The van der Waals surface area contributed by atoms with Crippen LogP contribution in [0.1, 0.15) is 27.2 Å². The van der Waals surface area contributed by atoms with E-state index in [4.69, 9.17) is 34.2 Å². The molecular formula is C22H18Cl2N6O2. The lowest BCUT2D eigenvalue weighted by Gasteiger charge is -2.28. The second-order valence-corrected chi connectivity index (χ2v) is 8.19. The molecule has 0 aliphatic carbocycles. The lowest BCUT2D eigenvalue weighted by molar-refractivity contribution is 0.0997. The number of primary amides is 1. The molecule has 1 aromatic heterocycles. The number of aryl methyl sites for hydroxylation is 1. The van der Waals surface area contributed by atoms with Crippen molar-refractivity contribution >= 4 is 40.8 Å². The van der Waals surface area contributed by atoms with Crippen LogP contribution in [0.4, 0.5) is 10.5 Å². The van der Waals surface area contributed by atoms with Crippen molar-refractivity contribution < 1.29 is 9.59 Å². The maximum atomic E-state index is 12.8. The highest BCUT2D eigenvalue weighted by molar-refractivity contribution is 6.32. The van der Waals surface area contributed by atoms with Gasteiger partial charge in [0, 0.05) is 22.8 Å². The molecule has 1 aliphatic heterocycles. The number of nitrogens with one attached hydrogen (secondary N) is 1. The van der Waals surface area contributed by atoms with Gasteiger partial charge in [-0.15, -0.1) is 0 Å². The van der Waals surface area contributed by atoms with Crippen molar-refractivity contribution in [3.63, 3.8) is 0 Å². The van der Waals surface area contributed by atoms with Gasteiger partial charge in [-0.05, 0) is 36.8 Å². The van der Waals surface area contributed by atoms with Crippen LogP contribution in [0, 0.1) is 18.3 Å². The number of nitrogens with zero attached hydrogens (tertiary/aromatic N) is 4. The summed E-state index contributed by atoms with van der Waals surface area (Å²) in [6, 6.07) is 11.7. The van der Waals surface area contributed by atoms with Gasteiger partial charge in [-0.25, -0.2) is 4.79 Å². The van der Waals surface area contributed by atoms with E-state index in [1.807, 2.05) is 25.1 Å². The van der Waals surface area contributed by atoms with E-state index in [0.717, 1.165) is 5.56 Å². The molecule has 162 valence electrons. The molecule has 10 heteroatoms. The summed E-state index contributed by atoms with van der Waals surface area (Å²) in [6.45, 7) is 2.82. The Labute approximate surface area is 194 Å². The zero-order valence-electron chi connectivity index (χ0n) is 17.0. The fourth-order valence-corrected chi connectivity index (χ4v) is 3.98. The van der Waals surface area contributed by atoms with Crippen LogP contribution in [-0.2, 0) is 13.1 Å².